The Hall–Kier alpha value is -1.81. The zero-order valence-corrected chi connectivity index (χ0v) is 11.5. The van der Waals surface area contributed by atoms with Gasteiger partial charge in [-0.1, -0.05) is 18.2 Å². The number of hydrogen-bond donors (Lipinski definition) is 1. The highest BCUT2D eigenvalue weighted by Crippen LogP contribution is 2.21. The molecule has 0 radical (unpaired) electrons. The molecular weight excluding hydrogens is 240 g/mol. The van der Waals surface area contributed by atoms with Gasteiger partial charge in [0.15, 0.2) is 0 Å². The molecule has 0 unspecified atom stereocenters. The van der Waals surface area contributed by atoms with E-state index in [1.54, 1.807) is 4.90 Å². The van der Waals surface area contributed by atoms with E-state index >= 15 is 0 Å². The Balaban J connectivity index is 2.35. The summed E-state index contributed by atoms with van der Waals surface area (Å²) in [5.41, 5.74) is 1.79. The molecule has 2 rings (SSSR count). The van der Waals surface area contributed by atoms with Crippen molar-refractivity contribution in [2.75, 3.05) is 19.7 Å². The van der Waals surface area contributed by atoms with Crippen molar-refractivity contribution >= 4 is 16.8 Å². The maximum absolute atomic E-state index is 12.5. The molecule has 1 N–H and O–H groups in total. The minimum atomic E-state index is 0.0350. The van der Waals surface area contributed by atoms with E-state index in [-0.39, 0.29) is 12.5 Å². The molecule has 0 aliphatic carbocycles. The van der Waals surface area contributed by atoms with Crippen molar-refractivity contribution in [2.24, 2.45) is 7.05 Å². The summed E-state index contributed by atoms with van der Waals surface area (Å²) in [5, 5.41) is 9.88. The van der Waals surface area contributed by atoms with Gasteiger partial charge in [0.2, 0.25) is 0 Å². The number of para-hydroxylation sites is 1. The number of carbonyl (C=O) groups excluding carboxylic acids is 1. The van der Waals surface area contributed by atoms with Crippen LogP contribution in [0.15, 0.2) is 30.5 Å². The average Bonchev–Trinajstić information content (AvgIpc) is 2.77. The highest BCUT2D eigenvalue weighted by Gasteiger charge is 2.18. The highest BCUT2D eigenvalue weighted by molar-refractivity contribution is 6.06. The van der Waals surface area contributed by atoms with Crippen LogP contribution in [-0.4, -0.2) is 40.2 Å². The van der Waals surface area contributed by atoms with Gasteiger partial charge < -0.3 is 14.6 Å². The summed E-state index contributed by atoms with van der Waals surface area (Å²) in [4.78, 5) is 14.3. The molecule has 0 saturated carbocycles. The Morgan fingerprint density at radius 1 is 1.37 bits per heavy atom. The minimum Gasteiger partial charge on any atom is -0.396 e. The predicted octanol–water partition coefficient (Wildman–Crippen LogP) is 2.02. The van der Waals surface area contributed by atoms with Crippen molar-refractivity contribution in [1.82, 2.24) is 9.47 Å². The molecule has 102 valence electrons. The molecule has 1 heterocycles. The standard InChI is InChI=1S/C15H20N2O2/c1-3-17(9-6-10-18)15(19)13-11-16(2)14-8-5-4-7-12(13)14/h4-5,7-8,11,18H,3,6,9-10H2,1-2H3. The summed E-state index contributed by atoms with van der Waals surface area (Å²) >= 11 is 0. The van der Waals surface area contributed by atoms with E-state index in [2.05, 4.69) is 0 Å². The molecule has 0 bridgehead atoms. The van der Waals surface area contributed by atoms with Gasteiger partial charge >= 0.3 is 0 Å². The van der Waals surface area contributed by atoms with Crippen LogP contribution in [0.25, 0.3) is 10.9 Å². The summed E-state index contributed by atoms with van der Waals surface area (Å²) in [7, 11) is 1.95. The van der Waals surface area contributed by atoms with Gasteiger partial charge in [-0.25, -0.2) is 0 Å². The normalized spacial score (nSPS) is 10.9. The Morgan fingerprint density at radius 2 is 2.11 bits per heavy atom. The van der Waals surface area contributed by atoms with E-state index in [0.29, 0.717) is 19.5 Å². The summed E-state index contributed by atoms with van der Waals surface area (Å²) in [6.45, 7) is 3.32. The molecule has 0 saturated heterocycles. The van der Waals surface area contributed by atoms with Crippen molar-refractivity contribution in [1.29, 1.82) is 0 Å². The Kier molecular flexibility index (Phi) is 4.22. The molecule has 0 aliphatic rings. The average molecular weight is 260 g/mol. The van der Waals surface area contributed by atoms with Crippen molar-refractivity contribution in [3.05, 3.63) is 36.0 Å². The van der Waals surface area contributed by atoms with E-state index in [0.717, 1.165) is 16.5 Å². The zero-order chi connectivity index (χ0) is 13.8. The molecule has 1 amide bonds. The third-order valence-electron chi connectivity index (χ3n) is 3.38. The first-order valence-electron chi connectivity index (χ1n) is 6.63. The second-order valence-corrected chi connectivity index (χ2v) is 4.63. The SMILES string of the molecule is CCN(CCCO)C(=O)c1cn(C)c2ccccc12. The van der Waals surface area contributed by atoms with Crippen LogP contribution in [0, 0.1) is 0 Å². The van der Waals surface area contributed by atoms with Gasteiger partial charge in [0, 0.05) is 43.8 Å². The summed E-state index contributed by atoms with van der Waals surface area (Å²) < 4.78 is 1.97. The van der Waals surface area contributed by atoms with Gasteiger partial charge in [-0.05, 0) is 19.4 Å². The van der Waals surface area contributed by atoms with Crippen LogP contribution in [0.5, 0.6) is 0 Å². The number of benzene rings is 1. The number of fused-ring (bicyclic) bond motifs is 1. The van der Waals surface area contributed by atoms with Crippen LogP contribution < -0.4 is 0 Å². The fourth-order valence-corrected chi connectivity index (χ4v) is 2.35. The molecule has 1 aromatic heterocycles. The highest BCUT2D eigenvalue weighted by atomic mass is 16.3. The Morgan fingerprint density at radius 3 is 2.79 bits per heavy atom. The number of amides is 1. The first-order chi connectivity index (χ1) is 9.19. The van der Waals surface area contributed by atoms with Gasteiger partial charge in [-0.2, -0.15) is 0 Å². The minimum absolute atomic E-state index is 0.0350. The lowest BCUT2D eigenvalue weighted by Gasteiger charge is -2.20. The first-order valence-corrected chi connectivity index (χ1v) is 6.63. The Labute approximate surface area is 113 Å². The van der Waals surface area contributed by atoms with Gasteiger partial charge in [0.05, 0.1) is 5.56 Å². The van der Waals surface area contributed by atoms with Gasteiger partial charge in [0.1, 0.15) is 0 Å². The largest absolute Gasteiger partial charge is 0.396 e. The lowest BCUT2D eigenvalue weighted by molar-refractivity contribution is 0.0756. The monoisotopic (exact) mass is 260 g/mol. The summed E-state index contributed by atoms with van der Waals surface area (Å²) in [6, 6.07) is 7.90. The lowest BCUT2D eigenvalue weighted by atomic mass is 10.1. The van der Waals surface area contributed by atoms with Crippen LogP contribution in [0.3, 0.4) is 0 Å². The molecule has 2 aromatic rings. The third kappa shape index (κ3) is 2.63. The number of rotatable bonds is 5. The Bertz CT molecular complexity index is 575. The van der Waals surface area contributed by atoms with Crippen LogP contribution in [0.4, 0.5) is 0 Å². The van der Waals surface area contributed by atoms with Crippen molar-refractivity contribution in [3.63, 3.8) is 0 Å². The van der Waals surface area contributed by atoms with E-state index < -0.39 is 0 Å². The molecule has 19 heavy (non-hydrogen) atoms. The van der Waals surface area contributed by atoms with Crippen LogP contribution >= 0.6 is 0 Å². The number of aliphatic hydroxyl groups is 1. The topological polar surface area (TPSA) is 45.5 Å². The molecule has 4 heteroatoms. The van der Waals surface area contributed by atoms with Crippen molar-refractivity contribution < 1.29 is 9.90 Å². The lowest BCUT2D eigenvalue weighted by Crippen LogP contribution is -2.32. The molecule has 0 aliphatic heterocycles. The van der Waals surface area contributed by atoms with Crippen LogP contribution in [0.1, 0.15) is 23.7 Å². The molecule has 0 spiro atoms. The smallest absolute Gasteiger partial charge is 0.256 e. The molecule has 0 fully saturated rings. The number of aromatic nitrogens is 1. The van der Waals surface area contributed by atoms with Crippen molar-refractivity contribution in [3.8, 4) is 0 Å². The van der Waals surface area contributed by atoms with Crippen molar-refractivity contribution in [2.45, 2.75) is 13.3 Å². The van der Waals surface area contributed by atoms with Gasteiger partial charge in [-0.3, -0.25) is 4.79 Å². The number of aliphatic hydroxyl groups excluding tert-OH is 1. The molecule has 0 atom stereocenters. The third-order valence-corrected chi connectivity index (χ3v) is 3.38. The fourth-order valence-electron chi connectivity index (χ4n) is 2.35. The maximum atomic E-state index is 12.5. The second-order valence-electron chi connectivity index (χ2n) is 4.63. The zero-order valence-electron chi connectivity index (χ0n) is 11.5. The van der Waals surface area contributed by atoms with E-state index in [9.17, 15) is 4.79 Å². The predicted molar refractivity (Wildman–Crippen MR) is 76.2 cm³/mol. The first kappa shape index (κ1) is 13.6. The second kappa shape index (κ2) is 5.89. The van der Waals surface area contributed by atoms with E-state index in [4.69, 9.17) is 5.11 Å². The van der Waals surface area contributed by atoms with Gasteiger partial charge in [-0.15, -0.1) is 0 Å². The maximum Gasteiger partial charge on any atom is 0.256 e. The number of carbonyl (C=O) groups is 1. The van der Waals surface area contributed by atoms with Gasteiger partial charge in [0.25, 0.3) is 5.91 Å². The summed E-state index contributed by atoms with van der Waals surface area (Å²) in [6.07, 6.45) is 2.50. The van der Waals surface area contributed by atoms with Crippen LogP contribution in [-0.2, 0) is 7.05 Å². The number of hydrogen-bond acceptors (Lipinski definition) is 2. The number of aryl methyl sites for hydroxylation is 1. The summed E-state index contributed by atoms with van der Waals surface area (Å²) in [5.74, 6) is 0.0350. The fraction of sp³-hybridized carbons (Fsp3) is 0.400. The molecule has 1 aromatic carbocycles. The quantitative estimate of drug-likeness (QED) is 0.894. The van der Waals surface area contributed by atoms with Crippen LogP contribution in [0.2, 0.25) is 0 Å². The van der Waals surface area contributed by atoms with E-state index in [1.165, 1.54) is 0 Å². The van der Waals surface area contributed by atoms with E-state index in [1.807, 2.05) is 49.0 Å². The number of nitrogens with zero attached hydrogens (tertiary/aromatic N) is 2. The molecular formula is C15H20N2O2. The molecule has 4 nitrogen and oxygen atoms in total.